The highest BCUT2D eigenvalue weighted by molar-refractivity contribution is 6.46. The van der Waals surface area contributed by atoms with Gasteiger partial charge in [-0.2, -0.15) is 0 Å². The Labute approximate surface area is 375 Å². The minimum absolute atomic E-state index is 0.0252. The SMILES string of the molecule is Cc1c(O)c(O[C@]2(C)C(=O)C(=O)C=C3C2=CC=C2[C@]3(C)CC[C@@]3(C)[C@@H]4C[C@H](C)C(=O)C[C@@]4(C)CC[C@]23C)cc2c1C(=O)C=C1[C@]2(C)CC[C@@]2(C)[C@@H]3C[C@@H](C)C(=O)C[C@]3(C)CC[C@@]12C. The molecule has 1 aromatic carbocycles. The normalized spacial score (nSPS) is 47.5. The van der Waals surface area contributed by atoms with Gasteiger partial charge in [-0.15, -0.1) is 0 Å². The summed E-state index contributed by atoms with van der Waals surface area (Å²) in [6.07, 6.45) is 17.9. The molecule has 0 heterocycles. The van der Waals surface area contributed by atoms with Gasteiger partial charge in [0.25, 0.3) is 0 Å². The fourth-order valence-corrected chi connectivity index (χ4v) is 17.4. The number of hydrogen-bond acceptors (Lipinski definition) is 7. The zero-order valence-corrected chi connectivity index (χ0v) is 40.1. The van der Waals surface area contributed by atoms with Crippen LogP contribution < -0.4 is 4.74 Å². The molecule has 0 unspecified atom stereocenters. The molecule has 9 aliphatic rings. The first-order valence-corrected chi connectivity index (χ1v) is 24.3. The van der Waals surface area contributed by atoms with Crippen molar-refractivity contribution in [3.63, 3.8) is 0 Å². The Morgan fingerprint density at radius 2 is 1.13 bits per heavy atom. The summed E-state index contributed by atoms with van der Waals surface area (Å²) in [5, 5.41) is 12.0. The number of rotatable bonds is 2. The van der Waals surface area contributed by atoms with Crippen LogP contribution in [0.2, 0.25) is 0 Å². The van der Waals surface area contributed by atoms with Crippen LogP contribution in [0.3, 0.4) is 0 Å². The van der Waals surface area contributed by atoms with Crippen LogP contribution in [0.25, 0.3) is 0 Å². The summed E-state index contributed by atoms with van der Waals surface area (Å²) >= 11 is 0. The molecule has 7 nitrogen and oxygen atoms in total. The van der Waals surface area contributed by atoms with Crippen LogP contribution in [0.15, 0.2) is 52.7 Å². The van der Waals surface area contributed by atoms with Gasteiger partial charge in [-0.05, 0) is 157 Å². The van der Waals surface area contributed by atoms with Crippen molar-refractivity contribution in [2.45, 2.75) is 171 Å². The number of allylic oxidation sites excluding steroid dienone is 6. The van der Waals surface area contributed by atoms with Crippen LogP contribution in [-0.4, -0.2) is 39.6 Å². The smallest absolute Gasteiger partial charge is 0.250 e. The van der Waals surface area contributed by atoms with Gasteiger partial charge in [-0.3, -0.25) is 24.0 Å². The highest BCUT2D eigenvalue weighted by Gasteiger charge is 2.69. The number of benzene rings is 1. The molecule has 13 atom stereocenters. The third-order valence-corrected chi connectivity index (χ3v) is 21.9. The van der Waals surface area contributed by atoms with Crippen LogP contribution in [0, 0.1) is 68.5 Å². The Morgan fingerprint density at radius 1 is 0.603 bits per heavy atom. The average molecular weight is 855 g/mol. The summed E-state index contributed by atoms with van der Waals surface area (Å²) in [4.78, 5) is 69.2. The lowest BCUT2D eigenvalue weighted by Gasteiger charge is -2.69. The number of phenols is 1. The third kappa shape index (κ3) is 5.07. The second-order valence-electron chi connectivity index (χ2n) is 24.9. The molecule has 0 amide bonds. The van der Waals surface area contributed by atoms with E-state index in [9.17, 15) is 29.1 Å². The van der Waals surface area contributed by atoms with Crippen LogP contribution in [0.4, 0.5) is 0 Å². The van der Waals surface area contributed by atoms with Crippen molar-refractivity contribution in [3.05, 3.63) is 69.4 Å². The Balaban J connectivity index is 1.04. The number of ether oxygens (including phenoxy) is 1. The molecule has 336 valence electrons. The lowest BCUT2D eigenvalue weighted by atomic mass is 9.35. The molecule has 63 heavy (non-hydrogen) atoms. The quantitative estimate of drug-likeness (QED) is 0.295. The monoisotopic (exact) mass is 855 g/mol. The predicted molar refractivity (Wildman–Crippen MR) is 243 cm³/mol. The van der Waals surface area contributed by atoms with Crippen molar-refractivity contribution >= 4 is 28.9 Å². The van der Waals surface area contributed by atoms with Gasteiger partial charge in [0, 0.05) is 52.2 Å². The molecule has 0 aromatic heterocycles. The van der Waals surface area contributed by atoms with Gasteiger partial charge in [-0.1, -0.05) is 87.0 Å². The maximum atomic E-state index is 14.5. The van der Waals surface area contributed by atoms with Gasteiger partial charge in [0.2, 0.25) is 11.6 Å². The Bertz CT molecular complexity index is 2520. The first kappa shape index (κ1) is 43.0. The topological polar surface area (TPSA) is 115 Å². The predicted octanol–water partition coefficient (Wildman–Crippen LogP) is 11.6. The number of carbonyl (C=O) groups excluding carboxylic acids is 5. The van der Waals surface area contributed by atoms with Gasteiger partial charge >= 0.3 is 0 Å². The van der Waals surface area contributed by atoms with Crippen molar-refractivity contribution < 1.29 is 33.8 Å². The number of fused-ring (bicyclic) bond motifs is 14. The Hall–Kier alpha value is -3.87. The van der Waals surface area contributed by atoms with Gasteiger partial charge < -0.3 is 9.84 Å². The summed E-state index contributed by atoms with van der Waals surface area (Å²) in [7, 11) is 0. The maximum Gasteiger partial charge on any atom is 0.250 e. The second kappa shape index (κ2) is 12.7. The summed E-state index contributed by atoms with van der Waals surface area (Å²) in [6.45, 7) is 26.4. The van der Waals surface area contributed by atoms with E-state index in [4.69, 9.17) is 4.74 Å². The molecule has 1 N–H and O–H groups in total. The summed E-state index contributed by atoms with van der Waals surface area (Å²) < 4.78 is 6.92. The molecule has 0 radical (unpaired) electrons. The fourth-order valence-electron chi connectivity index (χ4n) is 17.4. The minimum Gasteiger partial charge on any atom is -0.504 e. The third-order valence-electron chi connectivity index (χ3n) is 21.9. The molecule has 9 aliphatic carbocycles. The number of ketones is 5. The van der Waals surface area contributed by atoms with E-state index in [-0.39, 0.29) is 61.6 Å². The van der Waals surface area contributed by atoms with E-state index in [2.05, 4.69) is 75.3 Å². The number of hydrogen-bond donors (Lipinski definition) is 1. The number of phenolic OH excluding ortho intramolecular Hbond substituents is 1. The van der Waals surface area contributed by atoms with Gasteiger partial charge in [0.15, 0.2) is 22.9 Å². The Kier molecular flexibility index (Phi) is 8.69. The zero-order chi connectivity index (χ0) is 45.6. The molecule has 0 aliphatic heterocycles. The number of aromatic hydroxyl groups is 1. The van der Waals surface area contributed by atoms with Crippen LogP contribution in [0.1, 0.15) is 175 Å². The van der Waals surface area contributed by atoms with E-state index in [1.807, 2.05) is 18.2 Å². The van der Waals surface area contributed by atoms with E-state index in [0.717, 1.165) is 80.9 Å². The first-order valence-electron chi connectivity index (χ1n) is 24.3. The van der Waals surface area contributed by atoms with Crippen molar-refractivity contribution in [2.75, 3.05) is 0 Å². The lowest BCUT2D eigenvalue weighted by molar-refractivity contribution is -0.162. The summed E-state index contributed by atoms with van der Waals surface area (Å²) in [5.41, 5.74) is 2.04. The molecule has 0 spiro atoms. The second-order valence-corrected chi connectivity index (χ2v) is 24.9. The van der Waals surface area contributed by atoms with Crippen molar-refractivity contribution in [1.82, 2.24) is 0 Å². The molecular formula is C56H70O7. The van der Waals surface area contributed by atoms with Crippen LogP contribution in [-0.2, 0) is 24.6 Å². The molecule has 6 saturated carbocycles. The maximum absolute atomic E-state index is 14.5. The lowest BCUT2D eigenvalue weighted by Crippen LogP contribution is -2.62. The highest BCUT2D eigenvalue weighted by Crippen LogP contribution is 2.76. The zero-order valence-electron chi connectivity index (χ0n) is 40.1. The highest BCUT2D eigenvalue weighted by atomic mass is 16.5. The summed E-state index contributed by atoms with van der Waals surface area (Å²) in [6, 6.07) is 1.82. The van der Waals surface area contributed by atoms with Crippen molar-refractivity contribution in [1.29, 1.82) is 0 Å². The van der Waals surface area contributed by atoms with E-state index >= 15 is 0 Å². The fraction of sp³-hybridized carbons (Fsp3) is 0.661. The van der Waals surface area contributed by atoms with E-state index in [1.165, 1.54) is 5.57 Å². The largest absolute Gasteiger partial charge is 0.504 e. The van der Waals surface area contributed by atoms with Gasteiger partial charge in [0.05, 0.1) is 0 Å². The molecule has 0 saturated heterocycles. The van der Waals surface area contributed by atoms with E-state index in [1.54, 1.807) is 19.9 Å². The van der Waals surface area contributed by atoms with Crippen LogP contribution >= 0.6 is 0 Å². The number of carbonyl (C=O) groups is 5. The van der Waals surface area contributed by atoms with Gasteiger partial charge in [0.1, 0.15) is 11.6 Å². The van der Waals surface area contributed by atoms with Crippen molar-refractivity contribution in [2.24, 2.45) is 61.6 Å². The molecule has 6 fully saturated rings. The molecule has 10 rings (SSSR count). The van der Waals surface area contributed by atoms with Gasteiger partial charge in [-0.25, -0.2) is 0 Å². The molecule has 7 heteroatoms. The summed E-state index contributed by atoms with van der Waals surface area (Å²) in [5.74, 6) is 0.0838. The van der Waals surface area contributed by atoms with E-state index in [0.29, 0.717) is 52.9 Å². The number of Topliss-reactive ketones (excluding diaryl/α,β-unsaturated/α-hetero) is 3. The standard InChI is InChI=1S/C56H70O7/c1-30-23-42-48(4,28-38(30)59)15-19-52(8)41-14-13-33-34(50(41,6)17-21-53(42,52)9)25-37(58)47(62)56(33,12)63-40-26-35-45(32(3)46(40)61)36(57)27-44-51(35,7)18-22-54(10)43-24-31(2)39(60)29-49(43,5)16-20-55(44,54)11/h13-14,25-27,30-31,42-43,61H,15-24,28-29H2,1-12H3/t30-,31+,42+,43+,48+,49-,50+,51+,52+,53-,54-,55-,56-/m0/s1. The minimum atomic E-state index is -1.73. The molecular weight excluding hydrogens is 785 g/mol. The van der Waals surface area contributed by atoms with E-state index < -0.39 is 28.0 Å². The Morgan fingerprint density at radius 3 is 1.68 bits per heavy atom. The van der Waals surface area contributed by atoms with Crippen LogP contribution in [0.5, 0.6) is 11.5 Å². The molecule has 1 aromatic rings. The average Bonchev–Trinajstić information content (AvgIpc) is 3.21. The first-order chi connectivity index (χ1) is 29.2. The van der Waals surface area contributed by atoms with Crippen molar-refractivity contribution in [3.8, 4) is 11.5 Å². The molecule has 0 bridgehead atoms.